The summed E-state index contributed by atoms with van der Waals surface area (Å²) >= 11 is 1.89. The number of anilines is 1. The van der Waals surface area contributed by atoms with Gasteiger partial charge in [-0.05, 0) is 56.1 Å². The van der Waals surface area contributed by atoms with Crippen LogP contribution in [0.1, 0.15) is 47.4 Å². The van der Waals surface area contributed by atoms with Crippen molar-refractivity contribution in [2.24, 2.45) is 0 Å². The SMILES string of the molecule is Nc1c2c(nc3sc4c(c13)CCC4)CCCCC2. The van der Waals surface area contributed by atoms with Crippen molar-refractivity contribution in [1.29, 1.82) is 0 Å². The second-order valence-corrected chi connectivity index (χ2v) is 6.63. The van der Waals surface area contributed by atoms with Crippen molar-refractivity contribution in [2.75, 3.05) is 5.73 Å². The van der Waals surface area contributed by atoms with Crippen LogP contribution in [0.4, 0.5) is 5.69 Å². The summed E-state index contributed by atoms with van der Waals surface area (Å²) in [5, 5.41) is 1.31. The number of hydrogen-bond acceptors (Lipinski definition) is 3. The van der Waals surface area contributed by atoms with Crippen LogP contribution in [0.3, 0.4) is 0 Å². The molecule has 2 aromatic rings. The van der Waals surface area contributed by atoms with E-state index in [1.165, 1.54) is 65.6 Å². The molecular formula is C15H18N2S. The van der Waals surface area contributed by atoms with Gasteiger partial charge in [-0.15, -0.1) is 11.3 Å². The lowest BCUT2D eigenvalue weighted by Gasteiger charge is -2.10. The summed E-state index contributed by atoms with van der Waals surface area (Å²) in [4.78, 5) is 7.69. The van der Waals surface area contributed by atoms with Crippen LogP contribution >= 0.6 is 11.3 Å². The molecule has 0 spiro atoms. The van der Waals surface area contributed by atoms with E-state index in [9.17, 15) is 0 Å². The molecule has 0 amide bonds. The first-order chi connectivity index (χ1) is 8.84. The molecule has 0 aromatic carbocycles. The fourth-order valence-electron chi connectivity index (χ4n) is 3.50. The Hall–Kier alpha value is -1.09. The van der Waals surface area contributed by atoms with E-state index >= 15 is 0 Å². The average molecular weight is 258 g/mol. The normalized spacial score (nSPS) is 18.7. The van der Waals surface area contributed by atoms with Crippen LogP contribution in [0.15, 0.2) is 0 Å². The Morgan fingerprint density at radius 2 is 1.72 bits per heavy atom. The lowest BCUT2D eigenvalue weighted by Crippen LogP contribution is -2.02. The monoisotopic (exact) mass is 258 g/mol. The van der Waals surface area contributed by atoms with Gasteiger partial charge in [0.1, 0.15) is 4.83 Å². The van der Waals surface area contributed by atoms with E-state index in [-0.39, 0.29) is 0 Å². The Kier molecular flexibility index (Phi) is 2.37. The van der Waals surface area contributed by atoms with E-state index in [4.69, 9.17) is 10.7 Å². The minimum Gasteiger partial charge on any atom is -0.398 e. The van der Waals surface area contributed by atoms with Crippen LogP contribution in [0.2, 0.25) is 0 Å². The molecule has 0 bridgehead atoms. The molecule has 2 aromatic heterocycles. The zero-order chi connectivity index (χ0) is 12.1. The van der Waals surface area contributed by atoms with Gasteiger partial charge in [0.2, 0.25) is 0 Å². The van der Waals surface area contributed by atoms with Gasteiger partial charge in [-0.2, -0.15) is 0 Å². The lowest BCUT2D eigenvalue weighted by molar-refractivity contribution is 0.709. The number of rotatable bonds is 0. The summed E-state index contributed by atoms with van der Waals surface area (Å²) in [6, 6.07) is 0. The molecule has 18 heavy (non-hydrogen) atoms. The third-order valence-electron chi connectivity index (χ3n) is 4.42. The van der Waals surface area contributed by atoms with Gasteiger partial charge in [0.25, 0.3) is 0 Å². The van der Waals surface area contributed by atoms with Crippen LogP contribution in [0.5, 0.6) is 0 Å². The van der Waals surface area contributed by atoms with E-state index in [1.807, 2.05) is 11.3 Å². The standard InChI is InChI=1S/C15H18N2S/c16-14-9-5-2-1-3-7-11(9)17-15-13(14)10-6-4-8-12(10)18-15/h1-8H2,(H2,16,17). The second-order valence-electron chi connectivity index (χ2n) is 5.55. The quantitative estimate of drug-likeness (QED) is 0.733. The molecule has 2 aliphatic carbocycles. The predicted molar refractivity (Wildman–Crippen MR) is 77.3 cm³/mol. The van der Waals surface area contributed by atoms with Gasteiger partial charge in [-0.3, -0.25) is 0 Å². The minimum atomic E-state index is 1.07. The van der Waals surface area contributed by atoms with Crippen LogP contribution in [-0.2, 0) is 25.7 Å². The van der Waals surface area contributed by atoms with Crippen molar-refractivity contribution < 1.29 is 0 Å². The third-order valence-corrected chi connectivity index (χ3v) is 5.61. The number of pyridine rings is 1. The predicted octanol–water partition coefficient (Wildman–Crippen LogP) is 3.64. The zero-order valence-electron chi connectivity index (χ0n) is 10.6. The van der Waals surface area contributed by atoms with Gasteiger partial charge in [-0.25, -0.2) is 4.98 Å². The van der Waals surface area contributed by atoms with Gasteiger partial charge in [0.15, 0.2) is 0 Å². The van der Waals surface area contributed by atoms with E-state index < -0.39 is 0 Å². The number of aromatic nitrogens is 1. The number of nitrogens with two attached hydrogens (primary N) is 1. The van der Waals surface area contributed by atoms with Crippen LogP contribution in [-0.4, -0.2) is 4.98 Å². The van der Waals surface area contributed by atoms with E-state index in [0.29, 0.717) is 0 Å². The van der Waals surface area contributed by atoms with Crippen molar-refractivity contribution in [2.45, 2.75) is 51.4 Å². The Balaban J connectivity index is 2.02. The largest absolute Gasteiger partial charge is 0.398 e. The van der Waals surface area contributed by atoms with E-state index in [2.05, 4.69) is 0 Å². The van der Waals surface area contributed by atoms with Gasteiger partial charge >= 0.3 is 0 Å². The molecule has 2 aliphatic rings. The lowest BCUT2D eigenvalue weighted by atomic mass is 10.0. The molecular weight excluding hydrogens is 240 g/mol. The van der Waals surface area contributed by atoms with Crippen molar-refractivity contribution in [3.63, 3.8) is 0 Å². The van der Waals surface area contributed by atoms with Gasteiger partial charge < -0.3 is 5.73 Å². The number of aryl methyl sites for hydroxylation is 3. The average Bonchev–Trinajstić information content (AvgIpc) is 2.82. The summed E-state index contributed by atoms with van der Waals surface area (Å²) in [6.45, 7) is 0. The summed E-state index contributed by atoms with van der Waals surface area (Å²) in [5.41, 5.74) is 11.7. The van der Waals surface area contributed by atoms with Crippen molar-refractivity contribution >= 4 is 27.2 Å². The van der Waals surface area contributed by atoms with E-state index in [0.717, 1.165) is 18.5 Å². The maximum Gasteiger partial charge on any atom is 0.126 e. The highest BCUT2D eigenvalue weighted by atomic mass is 32.1. The van der Waals surface area contributed by atoms with E-state index in [1.54, 1.807) is 4.88 Å². The molecule has 0 saturated carbocycles. The van der Waals surface area contributed by atoms with Crippen molar-refractivity contribution in [3.05, 3.63) is 21.7 Å². The Bertz CT molecular complexity index is 627. The Morgan fingerprint density at radius 1 is 0.889 bits per heavy atom. The molecule has 2 nitrogen and oxygen atoms in total. The molecule has 0 saturated heterocycles. The highest BCUT2D eigenvalue weighted by molar-refractivity contribution is 7.19. The Labute approximate surface area is 111 Å². The summed E-state index contributed by atoms with van der Waals surface area (Å²) in [7, 11) is 0. The molecule has 2 N–H and O–H groups in total. The number of thiophene rings is 1. The third kappa shape index (κ3) is 1.43. The first-order valence-electron chi connectivity index (χ1n) is 7.06. The molecule has 0 atom stereocenters. The number of fused-ring (bicyclic) bond motifs is 4. The fourth-order valence-corrected chi connectivity index (χ4v) is 4.80. The number of nitrogen functional groups attached to an aromatic ring is 1. The van der Waals surface area contributed by atoms with Crippen molar-refractivity contribution in [1.82, 2.24) is 4.98 Å². The molecule has 3 heteroatoms. The van der Waals surface area contributed by atoms with Crippen LogP contribution in [0, 0.1) is 0 Å². The molecule has 2 heterocycles. The first kappa shape index (κ1) is 10.8. The number of hydrogen-bond donors (Lipinski definition) is 1. The molecule has 0 unspecified atom stereocenters. The smallest absolute Gasteiger partial charge is 0.126 e. The van der Waals surface area contributed by atoms with Crippen LogP contribution < -0.4 is 5.73 Å². The highest BCUT2D eigenvalue weighted by Crippen LogP contribution is 2.41. The molecule has 0 radical (unpaired) electrons. The highest BCUT2D eigenvalue weighted by Gasteiger charge is 2.23. The molecule has 0 aliphatic heterocycles. The van der Waals surface area contributed by atoms with Crippen LogP contribution in [0.25, 0.3) is 10.2 Å². The zero-order valence-corrected chi connectivity index (χ0v) is 11.4. The molecule has 4 rings (SSSR count). The maximum absolute atomic E-state index is 6.49. The summed E-state index contributed by atoms with van der Waals surface area (Å²) in [6.07, 6.45) is 9.87. The topological polar surface area (TPSA) is 38.9 Å². The van der Waals surface area contributed by atoms with Gasteiger partial charge in [0, 0.05) is 21.6 Å². The molecule has 94 valence electrons. The number of nitrogens with zero attached hydrogens (tertiary/aromatic N) is 1. The first-order valence-corrected chi connectivity index (χ1v) is 7.87. The maximum atomic E-state index is 6.49. The van der Waals surface area contributed by atoms with Gasteiger partial charge in [-0.1, -0.05) is 6.42 Å². The Morgan fingerprint density at radius 3 is 2.67 bits per heavy atom. The summed E-state index contributed by atoms with van der Waals surface area (Å²) in [5.74, 6) is 0. The fraction of sp³-hybridized carbons (Fsp3) is 0.533. The minimum absolute atomic E-state index is 1.07. The second kappa shape index (κ2) is 3.95. The van der Waals surface area contributed by atoms with Gasteiger partial charge in [0.05, 0.1) is 0 Å². The van der Waals surface area contributed by atoms with Crippen molar-refractivity contribution in [3.8, 4) is 0 Å². The molecule has 0 fully saturated rings. The summed E-state index contributed by atoms with van der Waals surface area (Å²) < 4.78 is 0.